The number of hydrogen-bond acceptors (Lipinski definition) is 4. The Bertz CT molecular complexity index is 362. The van der Waals surface area contributed by atoms with Crippen LogP contribution in [-0.2, 0) is 11.2 Å². The Labute approximate surface area is 98.2 Å². The van der Waals surface area contributed by atoms with Gasteiger partial charge in [-0.1, -0.05) is 5.16 Å². The van der Waals surface area contributed by atoms with Crippen molar-refractivity contribution in [3.63, 3.8) is 0 Å². The lowest BCUT2D eigenvalue weighted by molar-refractivity contribution is -0.129. The Morgan fingerprint density at radius 1 is 1.69 bits per heavy atom. The maximum absolute atomic E-state index is 11.8. The Balaban J connectivity index is 2.56. The monoisotopic (exact) mass is 241 g/mol. The van der Waals surface area contributed by atoms with E-state index >= 15 is 0 Å². The average molecular weight is 241 g/mol. The van der Waals surface area contributed by atoms with E-state index in [1.807, 2.05) is 23.8 Å². The molecule has 0 aliphatic carbocycles. The zero-order valence-electron chi connectivity index (χ0n) is 9.09. The van der Waals surface area contributed by atoms with E-state index in [4.69, 9.17) is 10.9 Å². The fraction of sp³-hybridized carbons (Fsp3) is 0.400. The fourth-order valence-corrected chi connectivity index (χ4v) is 1.95. The third kappa shape index (κ3) is 3.54. The first kappa shape index (κ1) is 12.5. The van der Waals surface area contributed by atoms with E-state index in [9.17, 15) is 4.79 Å². The van der Waals surface area contributed by atoms with E-state index in [0.717, 1.165) is 5.56 Å². The molecular formula is C10H15N3O2S. The van der Waals surface area contributed by atoms with Gasteiger partial charge in [0.05, 0.1) is 13.0 Å². The lowest BCUT2D eigenvalue weighted by Crippen LogP contribution is -2.39. The second-order valence-corrected chi connectivity index (χ2v) is 4.09. The van der Waals surface area contributed by atoms with Crippen molar-refractivity contribution in [3.05, 3.63) is 22.4 Å². The predicted molar refractivity (Wildman–Crippen MR) is 63.7 cm³/mol. The molecule has 0 aliphatic rings. The quantitative estimate of drug-likeness (QED) is 0.348. The van der Waals surface area contributed by atoms with Crippen LogP contribution in [0.15, 0.2) is 22.0 Å². The molecule has 0 spiro atoms. The fourth-order valence-electron chi connectivity index (χ4n) is 1.28. The summed E-state index contributed by atoms with van der Waals surface area (Å²) < 4.78 is 0. The minimum absolute atomic E-state index is 0.0208. The van der Waals surface area contributed by atoms with E-state index in [2.05, 4.69) is 5.16 Å². The first-order chi connectivity index (χ1) is 7.67. The number of hydrogen-bond donors (Lipinski definition) is 2. The molecule has 6 heteroatoms. The molecule has 0 aromatic carbocycles. The maximum Gasteiger partial charge on any atom is 0.227 e. The first-order valence-electron chi connectivity index (χ1n) is 4.92. The number of rotatable bonds is 5. The number of likely N-dealkylation sites (N-methyl/N-ethyl adjacent to an activating group) is 1. The van der Waals surface area contributed by atoms with E-state index in [1.165, 1.54) is 0 Å². The highest BCUT2D eigenvalue weighted by Gasteiger charge is 2.13. The Morgan fingerprint density at radius 3 is 2.94 bits per heavy atom. The summed E-state index contributed by atoms with van der Waals surface area (Å²) in [6, 6.07) is 1.92. The molecule has 88 valence electrons. The van der Waals surface area contributed by atoms with Gasteiger partial charge in [0.15, 0.2) is 5.84 Å². The molecule has 0 unspecified atom stereocenters. The number of carbonyl (C=O) groups is 1. The van der Waals surface area contributed by atoms with Crippen molar-refractivity contribution in [2.24, 2.45) is 10.9 Å². The molecule has 5 nitrogen and oxygen atoms in total. The van der Waals surface area contributed by atoms with Crippen LogP contribution in [0, 0.1) is 0 Å². The molecule has 0 bridgehead atoms. The molecule has 1 aromatic heterocycles. The second-order valence-electron chi connectivity index (χ2n) is 3.31. The van der Waals surface area contributed by atoms with Crippen LogP contribution in [-0.4, -0.2) is 34.9 Å². The van der Waals surface area contributed by atoms with Crippen molar-refractivity contribution >= 4 is 23.1 Å². The number of nitrogens with two attached hydrogens (primary N) is 1. The largest absolute Gasteiger partial charge is 0.409 e. The number of thiophene rings is 1. The van der Waals surface area contributed by atoms with Crippen molar-refractivity contribution in [2.45, 2.75) is 13.3 Å². The zero-order valence-corrected chi connectivity index (χ0v) is 9.91. The molecule has 0 aliphatic heterocycles. The number of amidine groups is 1. The van der Waals surface area contributed by atoms with Gasteiger partial charge in [-0.05, 0) is 29.3 Å². The molecule has 16 heavy (non-hydrogen) atoms. The van der Waals surface area contributed by atoms with E-state index in [0.29, 0.717) is 13.0 Å². The van der Waals surface area contributed by atoms with Crippen LogP contribution in [0.25, 0.3) is 0 Å². The molecule has 0 saturated carbocycles. The van der Waals surface area contributed by atoms with Gasteiger partial charge < -0.3 is 15.8 Å². The summed E-state index contributed by atoms with van der Waals surface area (Å²) in [4.78, 5) is 13.4. The molecule has 3 N–H and O–H groups in total. The lowest BCUT2D eigenvalue weighted by atomic mass is 10.2. The van der Waals surface area contributed by atoms with Gasteiger partial charge in [0.25, 0.3) is 0 Å². The third-order valence-corrected chi connectivity index (χ3v) is 2.88. The topological polar surface area (TPSA) is 78.9 Å². The lowest BCUT2D eigenvalue weighted by Gasteiger charge is -2.19. The van der Waals surface area contributed by atoms with Crippen LogP contribution in [0.4, 0.5) is 0 Å². The van der Waals surface area contributed by atoms with Crippen LogP contribution in [0.5, 0.6) is 0 Å². The zero-order chi connectivity index (χ0) is 12.0. The summed E-state index contributed by atoms with van der Waals surface area (Å²) in [5, 5.41) is 15.2. The highest BCUT2D eigenvalue weighted by Crippen LogP contribution is 2.08. The summed E-state index contributed by atoms with van der Waals surface area (Å²) in [5.41, 5.74) is 6.36. The van der Waals surface area contributed by atoms with Gasteiger partial charge in [0, 0.05) is 6.54 Å². The van der Waals surface area contributed by atoms with Crippen LogP contribution in [0.2, 0.25) is 0 Å². The molecule has 0 radical (unpaired) electrons. The van der Waals surface area contributed by atoms with Gasteiger partial charge in [0.1, 0.15) is 0 Å². The van der Waals surface area contributed by atoms with Crippen molar-refractivity contribution < 1.29 is 10.0 Å². The number of oxime groups is 1. The van der Waals surface area contributed by atoms with Crippen LogP contribution >= 0.6 is 11.3 Å². The van der Waals surface area contributed by atoms with Crippen LogP contribution in [0.3, 0.4) is 0 Å². The van der Waals surface area contributed by atoms with E-state index in [1.54, 1.807) is 16.2 Å². The molecule has 0 fully saturated rings. The Hall–Kier alpha value is -1.56. The number of nitrogens with zero attached hydrogens (tertiary/aromatic N) is 2. The smallest absolute Gasteiger partial charge is 0.227 e. The normalized spacial score (nSPS) is 11.4. The van der Waals surface area contributed by atoms with Crippen molar-refractivity contribution in [2.75, 3.05) is 13.1 Å². The summed E-state index contributed by atoms with van der Waals surface area (Å²) in [7, 11) is 0. The molecule has 1 amide bonds. The summed E-state index contributed by atoms with van der Waals surface area (Å²) in [5.74, 6) is 0.0213. The number of carbonyl (C=O) groups excluding carboxylic acids is 1. The molecule has 1 heterocycles. The summed E-state index contributed by atoms with van der Waals surface area (Å²) >= 11 is 1.56. The molecule has 1 aromatic rings. The summed E-state index contributed by atoms with van der Waals surface area (Å²) in [6.07, 6.45) is 0.357. The van der Waals surface area contributed by atoms with Gasteiger partial charge in [-0.25, -0.2) is 0 Å². The minimum Gasteiger partial charge on any atom is -0.409 e. The van der Waals surface area contributed by atoms with Gasteiger partial charge in [0.2, 0.25) is 5.91 Å². The molecule has 0 atom stereocenters. The van der Waals surface area contributed by atoms with Gasteiger partial charge in [-0.15, -0.1) is 0 Å². The molecular weight excluding hydrogens is 226 g/mol. The van der Waals surface area contributed by atoms with Crippen LogP contribution in [0.1, 0.15) is 12.5 Å². The summed E-state index contributed by atoms with van der Waals surface area (Å²) in [6.45, 7) is 2.56. The highest BCUT2D eigenvalue weighted by molar-refractivity contribution is 7.07. The maximum atomic E-state index is 11.8. The SMILES string of the molecule is CCN(CC(N)=NO)C(=O)Cc1ccsc1. The van der Waals surface area contributed by atoms with E-state index in [-0.39, 0.29) is 18.3 Å². The minimum atomic E-state index is -0.0208. The first-order valence-corrected chi connectivity index (χ1v) is 5.87. The van der Waals surface area contributed by atoms with E-state index < -0.39 is 0 Å². The average Bonchev–Trinajstić information content (AvgIpc) is 2.77. The standard InChI is InChI=1S/C10H15N3O2S/c1-2-13(6-9(11)12-15)10(14)5-8-3-4-16-7-8/h3-4,7,15H,2,5-6H2,1H3,(H2,11,12). The number of amides is 1. The Kier molecular flexibility index (Phi) is 4.78. The van der Waals surface area contributed by atoms with Gasteiger partial charge in [-0.3, -0.25) is 4.79 Å². The third-order valence-electron chi connectivity index (χ3n) is 2.15. The predicted octanol–water partition coefficient (Wildman–Crippen LogP) is 0.885. The Morgan fingerprint density at radius 2 is 2.44 bits per heavy atom. The van der Waals surface area contributed by atoms with Crippen molar-refractivity contribution in [3.8, 4) is 0 Å². The van der Waals surface area contributed by atoms with Crippen molar-refractivity contribution in [1.29, 1.82) is 0 Å². The molecule has 1 rings (SSSR count). The van der Waals surface area contributed by atoms with Crippen LogP contribution < -0.4 is 5.73 Å². The van der Waals surface area contributed by atoms with Gasteiger partial charge in [-0.2, -0.15) is 11.3 Å². The second kappa shape index (κ2) is 6.12. The van der Waals surface area contributed by atoms with Crippen molar-refractivity contribution in [1.82, 2.24) is 4.90 Å². The van der Waals surface area contributed by atoms with Gasteiger partial charge >= 0.3 is 0 Å². The highest BCUT2D eigenvalue weighted by atomic mass is 32.1. The molecule has 0 saturated heterocycles.